The zero-order valence-corrected chi connectivity index (χ0v) is 7.90. The summed E-state index contributed by atoms with van der Waals surface area (Å²) >= 11 is 0. The van der Waals surface area contributed by atoms with Crippen LogP contribution in [-0.4, -0.2) is 24.9 Å². The largest absolute Gasteiger partial charge is 0.469 e. The molecule has 0 aliphatic carbocycles. The van der Waals surface area contributed by atoms with Crippen molar-refractivity contribution in [1.29, 1.82) is 0 Å². The van der Waals surface area contributed by atoms with Crippen molar-refractivity contribution in [3.63, 3.8) is 0 Å². The minimum Gasteiger partial charge on any atom is -0.469 e. The summed E-state index contributed by atoms with van der Waals surface area (Å²) in [7, 11) is 0. The number of rotatable bonds is 6. The number of hydrogen-bond donors (Lipinski definition) is 1. The molecule has 13 heavy (non-hydrogen) atoms. The molecule has 1 N–H and O–H groups in total. The van der Waals surface area contributed by atoms with Gasteiger partial charge in [-0.15, -0.1) is 0 Å². The lowest BCUT2D eigenvalue weighted by Gasteiger charge is -2.09. The van der Waals surface area contributed by atoms with E-state index in [2.05, 4.69) is 6.92 Å². The van der Waals surface area contributed by atoms with Crippen LogP contribution in [0.3, 0.4) is 0 Å². The van der Waals surface area contributed by atoms with Crippen molar-refractivity contribution in [2.24, 2.45) is 5.92 Å². The standard InChI is InChI=1S/C10H16O3/c1-9(8-12-6-4-11)7-10-3-2-5-13-10/h2-3,5,9,11H,4,6-8H2,1H3/t9-/m0/s1. The first-order valence-electron chi connectivity index (χ1n) is 4.54. The highest BCUT2D eigenvalue weighted by molar-refractivity contribution is 4.98. The summed E-state index contributed by atoms with van der Waals surface area (Å²) in [6, 6.07) is 3.85. The Kier molecular flexibility index (Phi) is 4.57. The van der Waals surface area contributed by atoms with Crippen LogP contribution in [0.15, 0.2) is 22.8 Å². The van der Waals surface area contributed by atoms with E-state index in [1.807, 2.05) is 12.1 Å². The fraction of sp³-hybridized carbons (Fsp3) is 0.600. The second-order valence-electron chi connectivity index (χ2n) is 3.19. The Morgan fingerprint density at radius 3 is 3.08 bits per heavy atom. The van der Waals surface area contributed by atoms with Crippen molar-refractivity contribution in [2.75, 3.05) is 19.8 Å². The van der Waals surface area contributed by atoms with Gasteiger partial charge >= 0.3 is 0 Å². The smallest absolute Gasteiger partial charge is 0.104 e. The molecule has 0 bridgehead atoms. The Balaban J connectivity index is 2.14. The van der Waals surface area contributed by atoms with E-state index in [4.69, 9.17) is 14.3 Å². The van der Waals surface area contributed by atoms with Crippen LogP contribution in [0.4, 0.5) is 0 Å². The molecule has 1 heterocycles. The van der Waals surface area contributed by atoms with Crippen molar-refractivity contribution >= 4 is 0 Å². The molecular formula is C10H16O3. The Morgan fingerprint density at radius 1 is 1.62 bits per heavy atom. The molecule has 0 fully saturated rings. The second-order valence-corrected chi connectivity index (χ2v) is 3.19. The van der Waals surface area contributed by atoms with Crippen LogP contribution in [0.5, 0.6) is 0 Å². The number of aliphatic hydroxyl groups is 1. The first kappa shape index (κ1) is 10.3. The van der Waals surface area contributed by atoms with E-state index in [9.17, 15) is 0 Å². The molecule has 74 valence electrons. The van der Waals surface area contributed by atoms with Crippen molar-refractivity contribution < 1.29 is 14.3 Å². The van der Waals surface area contributed by atoms with Crippen LogP contribution in [-0.2, 0) is 11.2 Å². The predicted octanol–water partition coefficient (Wildman–Crippen LogP) is 1.47. The van der Waals surface area contributed by atoms with Gasteiger partial charge in [-0.1, -0.05) is 6.92 Å². The molecule has 1 atom stereocenters. The molecule has 0 aliphatic rings. The van der Waals surface area contributed by atoms with E-state index < -0.39 is 0 Å². The molecule has 3 heteroatoms. The van der Waals surface area contributed by atoms with E-state index in [1.54, 1.807) is 6.26 Å². The summed E-state index contributed by atoms with van der Waals surface area (Å²) in [6.45, 7) is 3.27. The SMILES string of the molecule is C[C@H](COCCO)Cc1ccco1. The third kappa shape index (κ3) is 4.10. The topological polar surface area (TPSA) is 42.6 Å². The summed E-state index contributed by atoms with van der Waals surface area (Å²) in [6.07, 6.45) is 2.56. The van der Waals surface area contributed by atoms with Crippen molar-refractivity contribution in [1.82, 2.24) is 0 Å². The lowest BCUT2D eigenvalue weighted by atomic mass is 10.1. The van der Waals surface area contributed by atoms with Gasteiger partial charge in [0.25, 0.3) is 0 Å². The average molecular weight is 184 g/mol. The minimum atomic E-state index is 0.0907. The summed E-state index contributed by atoms with van der Waals surface area (Å²) in [5.41, 5.74) is 0. The third-order valence-electron chi connectivity index (χ3n) is 1.77. The quantitative estimate of drug-likeness (QED) is 0.681. The maximum Gasteiger partial charge on any atom is 0.104 e. The average Bonchev–Trinajstić information content (AvgIpc) is 2.57. The highest BCUT2D eigenvalue weighted by Crippen LogP contribution is 2.08. The van der Waals surface area contributed by atoms with E-state index >= 15 is 0 Å². The van der Waals surface area contributed by atoms with Gasteiger partial charge in [-0.2, -0.15) is 0 Å². The van der Waals surface area contributed by atoms with Gasteiger partial charge in [-0.25, -0.2) is 0 Å². The normalized spacial score (nSPS) is 13.1. The van der Waals surface area contributed by atoms with Gasteiger partial charge in [0.1, 0.15) is 5.76 Å². The lowest BCUT2D eigenvalue weighted by Crippen LogP contribution is -2.10. The predicted molar refractivity (Wildman–Crippen MR) is 49.5 cm³/mol. The summed E-state index contributed by atoms with van der Waals surface area (Å²) in [5, 5.41) is 8.49. The molecule has 0 spiro atoms. The molecule has 1 aromatic rings. The fourth-order valence-corrected chi connectivity index (χ4v) is 1.18. The number of furan rings is 1. The highest BCUT2D eigenvalue weighted by Gasteiger charge is 2.05. The summed E-state index contributed by atoms with van der Waals surface area (Å²) in [4.78, 5) is 0. The molecule has 0 saturated carbocycles. The first-order valence-corrected chi connectivity index (χ1v) is 4.54. The van der Waals surface area contributed by atoms with Crippen LogP contribution >= 0.6 is 0 Å². The third-order valence-corrected chi connectivity index (χ3v) is 1.77. The lowest BCUT2D eigenvalue weighted by molar-refractivity contribution is 0.0705. The van der Waals surface area contributed by atoms with Crippen LogP contribution in [0, 0.1) is 5.92 Å². The Bertz CT molecular complexity index is 206. The van der Waals surface area contributed by atoms with Crippen molar-refractivity contribution in [2.45, 2.75) is 13.3 Å². The summed E-state index contributed by atoms with van der Waals surface area (Å²) < 4.78 is 10.4. The van der Waals surface area contributed by atoms with Gasteiger partial charge in [0.15, 0.2) is 0 Å². The van der Waals surface area contributed by atoms with E-state index in [1.165, 1.54) is 0 Å². The Morgan fingerprint density at radius 2 is 2.46 bits per heavy atom. The summed E-state index contributed by atoms with van der Waals surface area (Å²) in [5.74, 6) is 1.41. The Hall–Kier alpha value is -0.800. The van der Waals surface area contributed by atoms with Crippen molar-refractivity contribution in [3.8, 4) is 0 Å². The maximum absolute atomic E-state index is 8.49. The molecule has 0 aromatic carbocycles. The highest BCUT2D eigenvalue weighted by atomic mass is 16.5. The molecule has 0 saturated heterocycles. The molecule has 1 rings (SSSR count). The van der Waals surface area contributed by atoms with E-state index in [-0.39, 0.29) is 6.61 Å². The zero-order valence-electron chi connectivity index (χ0n) is 7.90. The van der Waals surface area contributed by atoms with Crippen LogP contribution < -0.4 is 0 Å². The zero-order chi connectivity index (χ0) is 9.52. The Labute approximate surface area is 78.3 Å². The maximum atomic E-state index is 8.49. The van der Waals surface area contributed by atoms with E-state index in [0.717, 1.165) is 12.2 Å². The van der Waals surface area contributed by atoms with E-state index in [0.29, 0.717) is 19.1 Å². The first-order chi connectivity index (χ1) is 6.33. The van der Waals surface area contributed by atoms with Crippen LogP contribution in [0.2, 0.25) is 0 Å². The van der Waals surface area contributed by atoms with Gasteiger partial charge in [-0.05, 0) is 18.1 Å². The van der Waals surface area contributed by atoms with Crippen LogP contribution in [0.1, 0.15) is 12.7 Å². The number of aliphatic hydroxyl groups excluding tert-OH is 1. The molecule has 0 unspecified atom stereocenters. The van der Waals surface area contributed by atoms with Gasteiger partial charge in [-0.3, -0.25) is 0 Å². The van der Waals surface area contributed by atoms with Gasteiger partial charge in [0.05, 0.1) is 19.5 Å². The van der Waals surface area contributed by atoms with Gasteiger partial charge < -0.3 is 14.3 Å². The molecule has 3 nitrogen and oxygen atoms in total. The minimum absolute atomic E-state index is 0.0907. The van der Waals surface area contributed by atoms with Crippen LogP contribution in [0.25, 0.3) is 0 Å². The number of hydrogen-bond acceptors (Lipinski definition) is 3. The molecule has 1 aromatic heterocycles. The molecule has 0 aliphatic heterocycles. The number of ether oxygens (including phenoxy) is 1. The molecule has 0 radical (unpaired) electrons. The second kappa shape index (κ2) is 5.78. The molecule has 0 amide bonds. The molecular weight excluding hydrogens is 168 g/mol. The van der Waals surface area contributed by atoms with Gasteiger partial charge in [0.2, 0.25) is 0 Å². The van der Waals surface area contributed by atoms with Crippen molar-refractivity contribution in [3.05, 3.63) is 24.2 Å². The van der Waals surface area contributed by atoms with Gasteiger partial charge in [0, 0.05) is 13.0 Å². The monoisotopic (exact) mass is 184 g/mol. The fourth-order valence-electron chi connectivity index (χ4n) is 1.18.